The monoisotopic (exact) mass is 454 g/mol. The normalized spacial score (nSPS) is 12.0. The minimum absolute atomic E-state index is 0.00000425. The number of carbonyl (C=O) groups excluding carboxylic acids is 1. The molecular weight excluding hydrogens is 432 g/mol. The first-order valence-electron chi connectivity index (χ1n) is 9.61. The van der Waals surface area contributed by atoms with Gasteiger partial charge in [-0.3, -0.25) is 0 Å². The van der Waals surface area contributed by atoms with Gasteiger partial charge in [-0.2, -0.15) is 9.98 Å². The third-order valence-electron chi connectivity index (χ3n) is 4.13. The van der Waals surface area contributed by atoms with Crippen LogP contribution in [0, 0.1) is 6.92 Å². The topological polar surface area (TPSA) is 119 Å². The summed E-state index contributed by atoms with van der Waals surface area (Å²) in [4.78, 5) is 24.7. The molecule has 0 radical (unpaired) electrons. The number of benzene rings is 2. The van der Waals surface area contributed by atoms with Crippen LogP contribution in [0.25, 0.3) is 11.4 Å². The molecule has 0 spiro atoms. The molecule has 0 saturated heterocycles. The van der Waals surface area contributed by atoms with E-state index < -0.39 is 6.09 Å². The number of aromatic nitrogens is 2. The second-order valence-electron chi connectivity index (χ2n) is 6.38. The number of aliphatic imine (C=N–C) groups is 2. The fraction of sp³-hybridized carbons (Fsp3) is 0.227. The zero-order chi connectivity index (χ0) is 23.1. The van der Waals surface area contributed by atoms with Crippen LogP contribution < -0.4 is 4.74 Å². The fourth-order valence-corrected chi connectivity index (χ4v) is 3.28. The van der Waals surface area contributed by atoms with E-state index in [9.17, 15) is 9.90 Å². The van der Waals surface area contributed by atoms with Gasteiger partial charge in [0, 0.05) is 24.1 Å². The predicted octanol–water partition coefficient (Wildman–Crippen LogP) is 4.80. The van der Waals surface area contributed by atoms with Gasteiger partial charge < -0.3 is 19.1 Å². The molecule has 32 heavy (non-hydrogen) atoms. The molecule has 3 rings (SSSR count). The van der Waals surface area contributed by atoms with Gasteiger partial charge in [-0.25, -0.2) is 9.79 Å². The third kappa shape index (κ3) is 5.73. The van der Waals surface area contributed by atoms with Gasteiger partial charge in [-0.15, -0.1) is 11.8 Å². The molecule has 166 valence electrons. The molecule has 9 nitrogen and oxygen atoms in total. The smallest absolute Gasteiger partial charge is 0.434 e. The molecule has 1 N–H and O–H groups in total. The van der Waals surface area contributed by atoms with Crippen LogP contribution in [-0.4, -0.2) is 52.1 Å². The standard InChI is InChI=1S/C22H22N4O5S/c1-5-30-18-11-15(10-17(27)12-18)19(21(32-4)25-22(28)29-3)24-16-8-6-14(7-9-16)20-23-13(2)31-26-20/h6-12,27H,5H2,1-4H3/b24-19?,25-21-. The van der Waals surface area contributed by atoms with E-state index >= 15 is 0 Å². The molecule has 0 aliphatic carbocycles. The van der Waals surface area contributed by atoms with Crippen LogP contribution in [0.3, 0.4) is 0 Å². The van der Waals surface area contributed by atoms with Crippen molar-refractivity contribution in [1.29, 1.82) is 0 Å². The van der Waals surface area contributed by atoms with Crippen LogP contribution >= 0.6 is 11.8 Å². The van der Waals surface area contributed by atoms with Crippen molar-refractivity contribution in [2.45, 2.75) is 13.8 Å². The molecule has 1 aromatic heterocycles. The average Bonchev–Trinajstić information content (AvgIpc) is 3.22. The number of ether oxygens (including phenoxy) is 2. The highest BCUT2D eigenvalue weighted by Gasteiger charge is 2.17. The average molecular weight is 455 g/mol. The van der Waals surface area contributed by atoms with Crippen molar-refractivity contribution in [3.05, 3.63) is 53.9 Å². The molecule has 0 atom stereocenters. The first kappa shape index (κ1) is 23.0. The van der Waals surface area contributed by atoms with E-state index in [1.165, 1.54) is 31.0 Å². The number of thioether (sulfide) groups is 1. The van der Waals surface area contributed by atoms with Crippen molar-refractivity contribution < 1.29 is 23.9 Å². The number of phenols is 1. The Hall–Kier alpha value is -3.66. The third-order valence-corrected chi connectivity index (χ3v) is 4.80. The quantitative estimate of drug-likeness (QED) is 0.417. The van der Waals surface area contributed by atoms with Crippen LogP contribution in [-0.2, 0) is 4.74 Å². The Bertz CT molecular complexity index is 1160. The number of carbonyl (C=O) groups is 1. The van der Waals surface area contributed by atoms with E-state index in [4.69, 9.17) is 14.3 Å². The van der Waals surface area contributed by atoms with Crippen molar-refractivity contribution in [2.75, 3.05) is 20.0 Å². The van der Waals surface area contributed by atoms with Gasteiger partial charge >= 0.3 is 6.09 Å². The molecule has 2 aromatic carbocycles. The summed E-state index contributed by atoms with van der Waals surface area (Å²) in [6.45, 7) is 3.99. The summed E-state index contributed by atoms with van der Waals surface area (Å²) < 4.78 is 15.2. The molecule has 0 aliphatic rings. The second kappa shape index (κ2) is 10.6. The minimum atomic E-state index is -0.755. The molecular formula is C22H22N4O5S. The molecule has 0 unspecified atom stereocenters. The number of aromatic hydroxyl groups is 1. The molecule has 10 heteroatoms. The maximum atomic E-state index is 11.8. The first-order chi connectivity index (χ1) is 15.4. The lowest BCUT2D eigenvalue weighted by Crippen LogP contribution is -2.14. The van der Waals surface area contributed by atoms with Crippen LogP contribution in [0.5, 0.6) is 11.5 Å². The Balaban J connectivity index is 2.09. The van der Waals surface area contributed by atoms with Gasteiger partial charge in [0.2, 0.25) is 11.7 Å². The van der Waals surface area contributed by atoms with E-state index in [0.29, 0.717) is 46.1 Å². The molecule has 0 bridgehead atoms. The van der Waals surface area contributed by atoms with Gasteiger partial charge in [-0.05, 0) is 49.6 Å². The van der Waals surface area contributed by atoms with E-state index in [1.807, 2.05) is 19.1 Å². The molecule has 1 amide bonds. The summed E-state index contributed by atoms with van der Waals surface area (Å²) in [7, 11) is 1.25. The lowest BCUT2D eigenvalue weighted by molar-refractivity contribution is 0.183. The number of methoxy groups -OCH3 is 1. The van der Waals surface area contributed by atoms with Gasteiger partial charge in [0.1, 0.15) is 22.3 Å². The fourth-order valence-electron chi connectivity index (χ4n) is 2.76. The highest BCUT2D eigenvalue weighted by atomic mass is 32.2. The lowest BCUT2D eigenvalue weighted by Gasteiger charge is -2.11. The van der Waals surface area contributed by atoms with E-state index in [-0.39, 0.29) is 5.75 Å². The first-order valence-corrected chi connectivity index (χ1v) is 10.8. The van der Waals surface area contributed by atoms with E-state index in [2.05, 4.69) is 19.9 Å². The van der Waals surface area contributed by atoms with Crippen molar-refractivity contribution >= 4 is 34.3 Å². The highest BCUT2D eigenvalue weighted by Crippen LogP contribution is 2.27. The molecule has 0 saturated carbocycles. The Morgan fingerprint density at radius 1 is 1.22 bits per heavy atom. The number of aryl methyl sites for hydroxylation is 1. The zero-order valence-electron chi connectivity index (χ0n) is 18.0. The van der Waals surface area contributed by atoms with Crippen molar-refractivity contribution in [3.63, 3.8) is 0 Å². The second-order valence-corrected chi connectivity index (χ2v) is 7.18. The largest absolute Gasteiger partial charge is 0.508 e. The van der Waals surface area contributed by atoms with Gasteiger partial charge in [0.05, 0.1) is 19.4 Å². The number of hydrogen-bond acceptors (Lipinski definition) is 9. The Morgan fingerprint density at radius 3 is 2.56 bits per heavy atom. The van der Waals surface area contributed by atoms with Gasteiger partial charge in [0.15, 0.2) is 0 Å². The maximum Gasteiger partial charge on any atom is 0.434 e. The zero-order valence-corrected chi connectivity index (χ0v) is 18.8. The molecule has 3 aromatic rings. The summed E-state index contributed by atoms with van der Waals surface area (Å²) >= 11 is 1.23. The number of rotatable bonds is 6. The predicted molar refractivity (Wildman–Crippen MR) is 123 cm³/mol. The SMILES string of the molecule is CCOc1cc(O)cc(C(=Nc2ccc(-c3noc(C)n3)cc2)/C(=N/C(=O)OC)SC)c1. The van der Waals surface area contributed by atoms with Gasteiger partial charge in [-0.1, -0.05) is 5.16 Å². The Labute approximate surface area is 189 Å². The Morgan fingerprint density at radius 2 is 1.97 bits per heavy atom. The van der Waals surface area contributed by atoms with Crippen molar-refractivity contribution in [1.82, 2.24) is 10.1 Å². The summed E-state index contributed by atoms with van der Waals surface area (Å²) in [6, 6.07) is 11.9. The number of amides is 1. The lowest BCUT2D eigenvalue weighted by atomic mass is 10.1. The van der Waals surface area contributed by atoms with Crippen molar-refractivity contribution in [2.24, 2.45) is 9.98 Å². The summed E-state index contributed by atoms with van der Waals surface area (Å²) in [6.07, 6.45) is 1.01. The maximum absolute atomic E-state index is 11.8. The van der Waals surface area contributed by atoms with E-state index in [0.717, 1.165) is 5.56 Å². The van der Waals surface area contributed by atoms with Crippen LogP contribution in [0.1, 0.15) is 18.4 Å². The molecule has 1 heterocycles. The van der Waals surface area contributed by atoms with Crippen LogP contribution in [0.15, 0.2) is 57.0 Å². The summed E-state index contributed by atoms with van der Waals surface area (Å²) in [5.74, 6) is 1.42. The van der Waals surface area contributed by atoms with E-state index in [1.54, 1.807) is 31.4 Å². The minimum Gasteiger partial charge on any atom is -0.508 e. The number of nitrogens with zero attached hydrogens (tertiary/aromatic N) is 4. The molecule has 0 fully saturated rings. The van der Waals surface area contributed by atoms with Gasteiger partial charge in [0.25, 0.3) is 0 Å². The number of hydrogen-bond donors (Lipinski definition) is 1. The van der Waals surface area contributed by atoms with Crippen LogP contribution in [0.4, 0.5) is 10.5 Å². The summed E-state index contributed by atoms with van der Waals surface area (Å²) in [5.41, 5.74) is 2.27. The summed E-state index contributed by atoms with van der Waals surface area (Å²) in [5, 5.41) is 14.4. The molecule has 0 aliphatic heterocycles. The van der Waals surface area contributed by atoms with Crippen LogP contribution in [0.2, 0.25) is 0 Å². The van der Waals surface area contributed by atoms with Crippen molar-refractivity contribution in [3.8, 4) is 22.9 Å². The highest BCUT2D eigenvalue weighted by molar-refractivity contribution is 8.15. The number of phenolic OH excluding ortho intramolecular Hbond substituents is 1. The Kier molecular flexibility index (Phi) is 7.61.